The molecule has 0 aliphatic carbocycles. The molecule has 2 aliphatic heterocycles. The quantitative estimate of drug-likeness (QED) is 0.672. The van der Waals surface area contributed by atoms with Crippen LogP contribution in [0.1, 0.15) is 41.6 Å². The molecule has 2 bridgehead atoms. The van der Waals surface area contributed by atoms with Crippen molar-refractivity contribution in [3.63, 3.8) is 0 Å². The van der Waals surface area contributed by atoms with E-state index in [0.29, 0.717) is 23.3 Å². The fourth-order valence-corrected chi connectivity index (χ4v) is 5.27. The third kappa shape index (κ3) is 5.10. The molecule has 0 aromatic heterocycles. The number of sulfonamides is 1. The molecule has 2 aromatic carbocycles. The van der Waals surface area contributed by atoms with Gasteiger partial charge in [-0.3, -0.25) is 9.52 Å². The molecule has 3 N–H and O–H groups in total. The van der Waals surface area contributed by atoms with Crippen LogP contribution in [0.4, 0.5) is 5.69 Å². The number of benzene rings is 2. The van der Waals surface area contributed by atoms with Crippen molar-refractivity contribution in [1.82, 2.24) is 10.6 Å². The molecule has 0 spiro atoms. The normalized spacial score (nSPS) is 23.1. The summed E-state index contributed by atoms with van der Waals surface area (Å²) in [5.41, 5.74) is 1.82. The highest BCUT2D eigenvalue weighted by Crippen LogP contribution is 2.27. The van der Waals surface area contributed by atoms with Crippen LogP contribution in [0.3, 0.4) is 0 Å². The Morgan fingerprint density at radius 2 is 1.72 bits per heavy atom. The molecule has 2 aromatic rings. The topological polar surface area (TPSA) is 87.3 Å². The third-order valence-corrected chi connectivity index (χ3v) is 6.86. The molecule has 2 saturated heterocycles. The lowest BCUT2D eigenvalue weighted by Gasteiger charge is -2.29. The summed E-state index contributed by atoms with van der Waals surface area (Å²) < 4.78 is 28.0. The van der Waals surface area contributed by atoms with Gasteiger partial charge in [0.2, 0.25) is 0 Å². The number of hydrogen-bond acceptors (Lipinski definition) is 4. The van der Waals surface area contributed by atoms with Gasteiger partial charge >= 0.3 is 0 Å². The summed E-state index contributed by atoms with van der Waals surface area (Å²) in [6, 6.07) is 14.4. The first-order valence-corrected chi connectivity index (χ1v) is 11.1. The lowest BCUT2D eigenvalue weighted by Crippen LogP contribution is -2.48. The van der Waals surface area contributed by atoms with Crippen LogP contribution in [-0.4, -0.2) is 32.5 Å². The number of nitrogens with one attached hydrogen (secondary N) is 3. The van der Waals surface area contributed by atoms with E-state index in [-0.39, 0.29) is 29.3 Å². The van der Waals surface area contributed by atoms with Gasteiger partial charge in [-0.25, -0.2) is 8.42 Å². The molecule has 8 heteroatoms. The Balaban J connectivity index is 0.00000240. The van der Waals surface area contributed by atoms with Crippen molar-refractivity contribution in [2.45, 2.75) is 55.6 Å². The zero-order valence-corrected chi connectivity index (χ0v) is 17.9. The van der Waals surface area contributed by atoms with E-state index < -0.39 is 10.0 Å². The molecule has 2 heterocycles. The van der Waals surface area contributed by atoms with Gasteiger partial charge in [-0.2, -0.15) is 0 Å². The number of piperidine rings is 1. The van der Waals surface area contributed by atoms with Crippen LogP contribution >= 0.6 is 12.4 Å². The largest absolute Gasteiger partial charge is 0.349 e. The van der Waals surface area contributed by atoms with Gasteiger partial charge in [-0.15, -0.1) is 12.4 Å². The summed E-state index contributed by atoms with van der Waals surface area (Å²) in [5.74, 6) is -0.223. The van der Waals surface area contributed by atoms with Crippen molar-refractivity contribution in [3.8, 4) is 0 Å². The number of carbonyl (C=O) groups is 1. The van der Waals surface area contributed by atoms with Gasteiger partial charge in [0.25, 0.3) is 15.9 Å². The van der Waals surface area contributed by atoms with Crippen LogP contribution in [0.15, 0.2) is 53.4 Å². The standard InChI is InChI=1S/C21H25N3O3S.ClH/c1-14-4-2-6-18(10-14)24-28(26,27)20-7-3-5-15(11-20)21(25)23-19-12-16-8-9-17(13-19)22-16;/h2-7,10-11,16-17,19,22,24H,8-9,12-13H2,1H3,(H,23,25);1H. The molecular formula is C21H26ClN3O3S. The summed E-state index contributed by atoms with van der Waals surface area (Å²) in [5, 5.41) is 6.63. The maximum Gasteiger partial charge on any atom is 0.261 e. The average Bonchev–Trinajstić information content (AvgIpc) is 3.00. The average molecular weight is 436 g/mol. The Kier molecular flexibility index (Phi) is 6.51. The first-order chi connectivity index (χ1) is 13.4. The van der Waals surface area contributed by atoms with E-state index >= 15 is 0 Å². The maximum atomic E-state index is 12.7. The molecule has 2 aliphatic rings. The lowest BCUT2D eigenvalue weighted by molar-refractivity contribution is 0.0923. The Hall–Kier alpha value is -2.09. The third-order valence-electron chi connectivity index (χ3n) is 5.49. The van der Waals surface area contributed by atoms with Gasteiger partial charge in [-0.1, -0.05) is 18.2 Å². The number of anilines is 1. The highest BCUT2D eigenvalue weighted by atomic mass is 35.5. The maximum absolute atomic E-state index is 12.7. The molecular weight excluding hydrogens is 410 g/mol. The van der Waals surface area contributed by atoms with Crippen molar-refractivity contribution in [1.29, 1.82) is 0 Å². The van der Waals surface area contributed by atoms with E-state index in [1.165, 1.54) is 12.1 Å². The first-order valence-electron chi connectivity index (χ1n) is 9.65. The van der Waals surface area contributed by atoms with Gasteiger partial charge in [0.1, 0.15) is 0 Å². The molecule has 0 radical (unpaired) electrons. The summed E-state index contributed by atoms with van der Waals surface area (Å²) in [7, 11) is -3.77. The number of carbonyl (C=O) groups excluding carboxylic acids is 1. The number of aryl methyl sites for hydroxylation is 1. The predicted molar refractivity (Wildman–Crippen MR) is 116 cm³/mol. The first kappa shape index (κ1) is 21.6. The molecule has 156 valence electrons. The molecule has 2 fully saturated rings. The second-order valence-electron chi connectivity index (χ2n) is 7.78. The SMILES string of the molecule is Cc1cccc(NS(=O)(=O)c2cccc(C(=O)NC3CC4CCC(C3)N4)c2)c1.Cl. The van der Waals surface area contributed by atoms with Crippen molar-refractivity contribution in [2.24, 2.45) is 0 Å². The summed E-state index contributed by atoms with van der Waals surface area (Å²) in [6.45, 7) is 1.90. The minimum atomic E-state index is -3.77. The van der Waals surface area contributed by atoms with E-state index in [0.717, 1.165) is 31.2 Å². The Labute approximate surface area is 177 Å². The summed E-state index contributed by atoms with van der Waals surface area (Å²) in [4.78, 5) is 12.8. The molecule has 4 rings (SSSR count). The highest BCUT2D eigenvalue weighted by Gasteiger charge is 2.34. The molecule has 0 saturated carbocycles. The van der Waals surface area contributed by atoms with E-state index in [1.807, 2.05) is 13.0 Å². The minimum Gasteiger partial charge on any atom is -0.349 e. The zero-order valence-electron chi connectivity index (χ0n) is 16.2. The molecule has 1 amide bonds. The van der Waals surface area contributed by atoms with Crippen LogP contribution in [0, 0.1) is 6.92 Å². The van der Waals surface area contributed by atoms with Gasteiger partial charge < -0.3 is 10.6 Å². The number of halogens is 1. The van der Waals surface area contributed by atoms with E-state index in [4.69, 9.17) is 0 Å². The fraction of sp³-hybridized carbons (Fsp3) is 0.381. The van der Waals surface area contributed by atoms with Crippen LogP contribution in [-0.2, 0) is 10.0 Å². The number of rotatable bonds is 5. The highest BCUT2D eigenvalue weighted by molar-refractivity contribution is 7.92. The second-order valence-corrected chi connectivity index (χ2v) is 9.46. The van der Waals surface area contributed by atoms with Crippen molar-refractivity contribution >= 4 is 34.0 Å². The Bertz CT molecular complexity index is 984. The monoisotopic (exact) mass is 435 g/mol. The fourth-order valence-electron chi connectivity index (χ4n) is 4.17. The van der Waals surface area contributed by atoms with E-state index in [9.17, 15) is 13.2 Å². The van der Waals surface area contributed by atoms with E-state index in [2.05, 4.69) is 15.4 Å². The van der Waals surface area contributed by atoms with Crippen LogP contribution in [0.2, 0.25) is 0 Å². The van der Waals surface area contributed by atoms with Crippen LogP contribution in [0.25, 0.3) is 0 Å². The molecule has 29 heavy (non-hydrogen) atoms. The second kappa shape index (κ2) is 8.73. The van der Waals surface area contributed by atoms with Gasteiger partial charge in [-0.05, 0) is 68.5 Å². The lowest BCUT2D eigenvalue weighted by atomic mass is 9.99. The van der Waals surface area contributed by atoms with Crippen LogP contribution < -0.4 is 15.4 Å². The minimum absolute atomic E-state index is 0. The number of fused-ring (bicyclic) bond motifs is 2. The molecule has 2 atom stereocenters. The van der Waals surface area contributed by atoms with Gasteiger partial charge in [0, 0.05) is 29.4 Å². The smallest absolute Gasteiger partial charge is 0.261 e. The molecule has 2 unspecified atom stereocenters. The van der Waals surface area contributed by atoms with Crippen molar-refractivity contribution in [3.05, 3.63) is 59.7 Å². The predicted octanol–water partition coefficient (Wildman–Crippen LogP) is 3.23. The van der Waals surface area contributed by atoms with Gasteiger partial charge in [0.15, 0.2) is 0 Å². The number of hydrogen-bond donors (Lipinski definition) is 3. The van der Waals surface area contributed by atoms with E-state index in [1.54, 1.807) is 30.3 Å². The summed E-state index contributed by atoms with van der Waals surface area (Å²) in [6.07, 6.45) is 4.18. The van der Waals surface area contributed by atoms with Crippen LogP contribution in [0.5, 0.6) is 0 Å². The molecule has 6 nitrogen and oxygen atoms in total. The Morgan fingerprint density at radius 3 is 2.41 bits per heavy atom. The van der Waals surface area contributed by atoms with Crippen molar-refractivity contribution < 1.29 is 13.2 Å². The Morgan fingerprint density at radius 1 is 1.03 bits per heavy atom. The summed E-state index contributed by atoms with van der Waals surface area (Å²) >= 11 is 0. The van der Waals surface area contributed by atoms with Gasteiger partial charge in [0.05, 0.1) is 4.90 Å². The zero-order chi connectivity index (χ0) is 19.7. The van der Waals surface area contributed by atoms with Crippen molar-refractivity contribution in [2.75, 3.05) is 4.72 Å². The number of amides is 1.